The van der Waals surface area contributed by atoms with Crippen molar-refractivity contribution in [2.75, 3.05) is 0 Å². The Labute approximate surface area is 42.7 Å². The van der Waals surface area contributed by atoms with Gasteiger partial charge in [-0.3, -0.25) is 4.79 Å². The Morgan fingerprint density at radius 2 is 2.57 bits per heavy atom. The van der Waals surface area contributed by atoms with Crippen LogP contribution in [0, 0.1) is 18.3 Å². The van der Waals surface area contributed by atoms with Crippen LogP contribution in [0.15, 0.2) is 0 Å². The third-order valence-electron chi connectivity index (χ3n) is 1.27. The molecule has 1 aliphatic rings. The minimum atomic E-state index is -0.0278. The SMILES string of the molecule is C#CC1CCC1=O. The Kier molecular flexibility index (Phi) is 0.867. The summed E-state index contributed by atoms with van der Waals surface area (Å²) < 4.78 is 0. The fraction of sp³-hybridized carbons (Fsp3) is 0.500. The van der Waals surface area contributed by atoms with E-state index in [-0.39, 0.29) is 11.7 Å². The van der Waals surface area contributed by atoms with Crippen LogP contribution in [0.2, 0.25) is 0 Å². The van der Waals surface area contributed by atoms with Crippen LogP contribution in [0.4, 0.5) is 0 Å². The van der Waals surface area contributed by atoms with Gasteiger partial charge < -0.3 is 0 Å². The molecule has 0 N–H and O–H groups in total. The van der Waals surface area contributed by atoms with Crippen LogP contribution in [0.5, 0.6) is 0 Å². The van der Waals surface area contributed by atoms with Gasteiger partial charge in [0.05, 0.1) is 5.92 Å². The highest BCUT2D eigenvalue weighted by Gasteiger charge is 2.24. The maximum absolute atomic E-state index is 10.3. The number of carbonyl (C=O) groups is 1. The van der Waals surface area contributed by atoms with Crippen molar-refractivity contribution in [2.24, 2.45) is 5.92 Å². The summed E-state index contributed by atoms with van der Waals surface area (Å²) in [6.07, 6.45) is 6.57. The second-order valence-electron chi connectivity index (χ2n) is 1.72. The van der Waals surface area contributed by atoms with Crippen molar-refractivity contribution < 1.29 is 4.79 Å². The summed E-state index contributed by atoms with van der Waals surface area (Å²) in [6.45, 7) is 0. The molecule has 0 radical (unpaired) electrons. The highest BCUT2D eigenvalue weighted by Crippen LogP contribution is 2.20. The zero-order valence-electron chi connectivity index (χ0n) is 3.98. The lowest BCUT2D eigenvalue weighted by atomic mass is 9.85. The molecule has 1 atom stereocenters. The summed E-state index contributed by atoms with van der Waals surface area (Å²) in [5, 5.41) is 0. The van der Waals surface area contributed by atoms with Crippen LogP contribution < -0.4 is 0 Å². The Morgan fingerprint density at radius 3 is 2.57 bits per heavy atom. The molecule has 1 fully saturated rings. The number of Topliss-reactive ketones (excluding diaryl/α,β-unsaturated/α-hetero) is 1. The molecule has 0 amide bonds. The van der Waals surface area contributed by atoms with Crippen molar-refractivity contribution in [2.45, 2.75) is 12.8 Å². The zero-order valence-corrected chi connectivity index (χ0v) is 3.98. The molecule has 0 aromatic carbocycles. The lowest BCUT2D eigenvalue weighted by Gasteiger charge is -2.16. The first kappa shape index (κ1) is 4.39. The van der Waals surface area contributed by atoms with Gasteiger partial charge in [-0.2, -0.15) is 0 Å². The smallest absolute Gasteiger partial charge is 0.147 e. The van der Waals surface area contributed by atoms with E-state index in [4.69, 9.17) is 6.42 Å². The van der Waals surface area contributed by atoms with Crippen LogP contribution in [-0.2, 0) is 4.79 Å². The summed E-state index contributed by atoms with van der Waals surface area (Å²) in [5.74, 6) is 2.61. The van der Waals surface area contributed by atoms with E-state index in [0.29, 0.717) is 6.42 Å². The molecule has 0 saturated heterocycles. The lowest BCUT2D eigenvalue weighted by molar-refractivity contribution is -0.126. The number of ketones is 1. The van der Waals surface area contributed by atoms with E-state index in [0.717, 1.165) is 6.42 Å². The van der Waals surface area contributed by atoms with Gasteiger partial charge in [-0.15, -0.1) is 6.42 Å². The van der Waals surface area contributed by atoms with Gasteiger partial charge in [0.2, 0.25) is 0 Å². The van der Waals surface area contributed by atoms with Gasteiger partial charge in [0.15, 0.2) is 0 Å². The van der Waals surface area contributed by atoms with Crippen LogP contribution in [0.1, 0.15) is 12.8 Å². The predicted octanol–water partition coefficient (Wildman–Crippen LogP) is 0.599. The molecule has 1 saturated carbocycles. The third-order valence-corrected chi connectivity index (χ3v) is 1.27. The maximum Gasteiger partial charge on any atom is 0.147 e. The minimum absolute atomic E-state index is 0.0278. The molecule has 1 aliphatic carbocycles. The molecule has 0 aromatic rings. The van der Waals surface area contributed by atoms with Gasteiger partial charge in [-0.25, -0.2) is 0 Å². The molecule has 0 heterocycles. The number of hydrogen-bond acceptors (Lipinski definition) is 1. The summed E-state index contributed by atoms with van der Waals surface area (Å²) >= 11 is 0. The Hall–Kier alpha value is -0.770. The van der Waals surface area contributed by atoms with Gasteiger partial charge in [0, 0.05) is 6.42 Å². The van der Waals surface area contributed by atoms with E-state index in [9.17, 15) is 4.79 Å². The highest BCUT2D eigenvalue weighted by atomic mass is 16.1. The predicted molar refractivity (Wildman–Crippen MR) is 26.6 cm³/mol. The molecule has 0 aromatic heterocycles. The highest BCUT2D eigenvalue weighted by molar-refractivity contribution is 5.88. The largest absolute Gasteiger partial charge is 0.298 e. The Balaban J connectivity index is 2.48. The van der Waals surface area contributed by atoms with Gasteiger partial charge in [0.1, 0.15) is 5.78 Å². The lowest BCUT2D eigenvalue weighted by Crippen LogP contribution is -2.23. The molecule has 1 rings (SSSR count). The van der Waals surface area contributed by atoms with Crippen LogP contribution in [0.25, 0.3) is 0 Å². The van der Waals surface area contributed by atoms with E-state index in [1.165, 1.54) is 0 Å². The quantitative estimate of drug-likeness (QED) is 0.402. The van der Waals surface area contributed by atoms with Gasteiger partial charge >= 0.3 is 0 Å². The van der Waals surface area contributed by atoms with Crippen LogP contribution >= 0.6 is 0 Å². The number of carbonyl (C=O) groups excluding carboxylic acids is 1. The van der Waals surface area contributed by atoms with Crippen molar-refractivity contribution >= 4 is 5.78 Å². The normalized spacial score (nSPS) is 28.4. The fourth-order valence-electron chi connectivity index (χ4n) is 0.583. The molecule has 1 heteroatoms. The molecule has 36 valence electrons. The topological polar surface area (TPSA) is 17.1 Å². The zero-order chi connectivity index (χ0) is 5.28. The van der Waals surface area contributed by atoms with Gasteiger partial charge in [-0.05, 0) is 6.42 Å². The first-order valence-electron chi connectivity index (χ1n) is 2.33. The average Bonchev–Trinajstić information content (AvgIpc) is 1.65. The number of rotatable bonds is 0. The van der Waals surface area contributed by atoms with Crippen molar-refractivity contribution in [1.29, 1.82) is 0 Å². The summed E-state index contributed by atoms with van der Waals surface area (Å²) in [4.78, 5) is 10.3. The maximum atomic E-state index is 10.3. The van der Waals surface area contributed by atoms with Crippen LogP contribution in [0.3, 0.4) is 0 Å². The Morgan fingerprint density at radius 1 is 1.86 bits per heavy atom. The van der Waals surface area contributed by atoms with Crippen molar-refractivity contribution in [1.82, 2.24) is 0 Å². The van der Waals surface area contributed by atoms with E-state index < -0.39 is 0 Å². The van der Waals surface area contributed by atoms with E-state index in [1.54, 1.807) is 0 Å². The first-order chi connectivity index (χ1) is 3.34. The molecular formula is C6H6O. The minimum Gasteiger partial charge on any atom is -0.298 e. The molecule has 0 bridgehead atoms. The first-order valence-corrected chi connectivity index (χ1v) is 2.33. The van der Waals surface area contributed by atoms with Crippen molar-refractivity contribution in [3.63, 3.8) is 0 Å². The average molecular weight is 94.1 g/mol. The van der Waals surface area contributed by atoms with Crippen molar-refractivity contribution in [3.8, 4) is 12.3 Å². The number of hydrogen-bond donors (Lipinski definition) is 0. The van der Waals surface area contributed by atoms with E-state index in [1.807, 2.05) is 0 Å². The van der Waals surface area contributed by atoms with Crippen molar-refractivity contribution in [3.05, 3.63) is 0 Å². The van der Waals surface area contributed by atoms with E-state index >= 15 is 0 Å². The molecular weight excluding hydrogens is 88.1 g/mol. The van der Waals surface area contributed by atoms with Gasteiger partial charge in [-0.1, -0.05) is 5.92 Å². The second-order valence-corrected chi connectivity index (χ2v) is 1.72. The monoisotopic (exact) mass is 94.0 g/mol. The molecule has 1 unspecified atom stereocenters. The summed E-state index contributed by atoms with van der Waals surface area (Å²) in [7, 11) is 0. The fourth-order valence-corrected chi connectivity index (χ4v) is 0.583. The summed E-state index contributed by atoms with van der Waals surface area (Å²) in [5.41, 5.74) is 0. The summed E-state index contributed by atoms with van der Waals surface area (Å²) in [6, 6.07) is 0. The number of terminal acetylenes is 1. The second kappa shape index (κ2) is 1.38. The standard InChI is InChI=1S/C6H6O/c1-2-5-3-4-6(5)7/h1,5H,3-4H2. The molecule has 7 heavy (non-hydrogen) atoms. The van der Waals surface area contributed by atoms with E-state index in [2.05, 4.69) is 5.92 Å². The molecule has 1 nitrogen and oxygen atoms in total. The third kappa shape index (κ3) is 0.521. The van der Waals surface area contributed by atoms with Crippen LogP contribution in [-0.4, -0.2) is 5.78 Å². The van der Waals surface area contributed by atoms with Gasteiger partial charge in [0.25, 0.3) is 0 Å². The Bertz CT molecular complexity index is 130. The molecule has 0 spiro atoms. The molecule has 0 aliphatic heterocycles.